The predicted molar refractivity (Wildman–Crippen MR) is 117 cm³/mol. The molecule has 1 heteroatoms. The SMILES string of the molecule is CC(C)=CCCC(C)=CCCC(C)=CCCC(C)=CCCC(C)C=C=O. The van der Waals surface area contributed by atoms with Crippen LogP contribution >= 0.6 is 0 Å². The zero-order chi connectivity index (χ0) is 19.8. The Kier molecular flexibility index (Phi) is 14.7. The van der Waals surface area contributed by atoms with Crippen LogP contribution in [0.1, 0.15) is 92.9 Å². The highest BCUT2D eigenvalue weighted by Gasteiger charge is 1.97. The van der Waals surface area contributed by atoms with Crippen molar-refractivity contribution < 1.29 is 4.79 Å². The molecule has 0 saturated heterocycles. The molecule has 0 amide bonds. The topological polar surface area (TPSA) is 17.1 Å². The van der Waals surface area contributed by atoms with Crippen LogP contribution in [0.5, 0.6) is 0 Å². The highest BCUT2D eigenvalue weighted by Crippen LogP contribution is 2.14. The van der Waals surface area contributed by atoms with E-state index in [0.29, 0.717) is 5.92 Å². The van der Waals surface area contributed by atoms with Crippen LogP contribution in [0.15, 0.2) is 52.7 Å². The molecule has 0 saturated carbocycles. The molecule has 26 heavy (non-hydrogen) atoms. The fourth-order valence-electron chi connectivity index (χ4n) is 2.78. The predicted octanol–water partition coefficient (Wildman–Crippen LogP) is 7.94. The molecule has 0 bridgehead atoms. The first-order valence-corrected chi connectivity index (χ1v) is 10.2. The van der Waals surface area contributed by atoms with Gasteiger partial charge in [0.1, 0.15) is 5.94 Å². The van der Waals surface area contributed by atoms with Gasteiger partial charge in [-0.2, -0.15) is 0 Å². The van der Waals surface area contributed by atoms with Crippen LogP contribution in [-0.4, -0.2) is 5.94 Å². The van der Waals surface area contributed by atoms with E-state index in [1.807, 2.05) is 5.94 Å². The maximum Gasteiger partial charge on any atom is 0.120 e. The average molecular weight is 357 g/mol. The van der Waals surface area contributed by atoms with Crippen LogP contribution in [0.4, 0.5) is 0 Å². The van der Waals surface area contributed by atoms with Crippen molar-refractivity contribution in [3.8, 4) is 0 Å². The summed E-state index contributed by atoms with van der Waals surface area (Å²) in [5, 5.41) is 0. The molecule has 0 aromatic carbocycles. The van der Waals surface area contributed by atoms with Gasteiger partial charge in [-0.25, -0.2) is 4.79 Å². The van der Waals surface area contributed by atoms with Crippen LogP contribution < -0.4 is 0 Å². The van der Waals surface area contributed by atoms with Crippen LogP contribution in [0.2, 0.25) is 0 Å². The van der Waals surface area contributed by atoms with Gasteiger partial charge in [-0.05, 0) is 91.9 Å². The Morgan fingerprint density at radius 3 is 1.58 bits per heavy atom. The average Bonchev–Trinajstić information content (AvgIpc) is 2.54. The lowest BCUT2D eigenvalue weighted by atomic mass is 10.0. The molecule has 0 fully saturated rings. The first kappa shape index (κ1) is 24.4. The monoisotopic (exact) mass is 356 g/mol. The Balaban J connectivity index is 4.02. The highest BCUT2D eigenvalue weighted by atomic mass is 16.1. The van der Waals surface area contributed by atoms with Crippen molar-refractivity contribution >= 4 is 5.94 Å². The van der Waals surface area contributed by atoms with E-state index in [0.717, 1.165) is 44.9 Å². The molecule has 0 heterocycles. The van der Waals surface area contributed by atoms with Crippen molar-refractivity contribution in [2.45, 2.75) is 92.9 Å². The third-order valence-electron chi connectivity index (χ3n) is 4.62. The summed E-state index contributed by atoms with van der Waals surface area (Å²) in [5.41, 5.74) is 5.86. The molecule has 0 aliphatic heterocycles. The molecule has 1 atom stereocenters. The van der Waals surface area contributed by atoms with Gasteiger partial charge in [0.25, 0.3) is 0 Å². The molecular weight excluding hydrogens is 316 g/mol. The zero-order valence-corrected chi connectivity index (χ0v) is 18.0. The first-order valence-electron chi connectivity index (χ1n) is 10.2. The number of hydrogen-bond acceptors (Lipinski definition) is 1. The van der Waals surface area contributed by atoms with Gasteiger partial charge in [0.2, 0.25) is 0 Å². The first-order chi connectivity index (χ1) is 12.3. The third kappa shape index (κ3) is 15.9. The van der Waals surface area contributed by atoms with Gasteiger partial charge in [0.15, 0.2) is 0 Å². The van der Waals surface area contributed by atoms with Crippen LogP contribution in [0, 0.1) is 5.92 Å². The summed E-state index contributed by atoms with van der Waals surface area (Å²) in [7, 11) is 0. The third-order valence-corrected chi connectivity index (χ3v) is 4.62. The van der Waals surface area contributed by atoms with Gasteiger partial charge in [-0.1, -0.05) is 53.5 Å². The van der Waals surface area contributed by atoms with E-state index in [4.69, 9.17) is 0 Å². The fraction of sp³-hybridized carbons (Fsp3) is 0.600. The standard InChI is InChI=1S/C25H40O/c1-21(2)11-7-12-22(3)13-8-14-23(4)15-9-16-24(5)17-10-18-25(6)19-20-26/h11,13,15,17,19,25H,7-10,12,14,16,18H2,1-6H3. The second-order valence-electron chi connectivity index (χ2n) is 7.89. The van der Waals surface area contributed by atoms with Gasteiger partial charge >= 0.3 is 0 Å². The van der Waals surface area contributed by atoms with Crippen LogP contribution in [0.3, 0.4) is 0 Å². The van der Waals surface area contributed by atoms with E-state index in [1.165, 1.54) is 28.7 Å². The number of hydrogen-bond donors (Lipinski definition) is 0. The molecule has 1 nitrogen and oxygen atoms in total. The van der Waals surface area contributed by atoms with Gasteiger partial charge < -0.3 is 0 Å². The van der Waals surface area contributed by atoms with Crippen molar-refractivity contribution in [2.75, 3.05) is 0 Å². The van der Waals surface area contributed by atoms with Gasteiger partial charge in [-0.15, -0.1) is 0 Å². The van der Waals surface area contributed by atoms with Crippen molar-refractivity contribution in [1.29, 1.82) is 0 Å². The van der Waals surface area contributed by atoms with E-state index in [9.17, 15) is 4.79 Å². The molecule has 0 rings (SSSR count). The van der Waals surface area contributed by atoms with Crippen molar-refractivity contribution in [2.24, 2.45) is 5.92 Å². The molecule has 0 aromatic heterocycles. The Morgan fingerprint density at radius 2 is 1.15 bits per heavy atom. The zero-order valence-electron chi connectivity index (χ0n) is 18.0. The quantitative estimate of drug-likeness (QED) is 0.242. The Labute approximate surface area is 162 Å². The minimum atomic E-state index is 0.331. The summed E-state index contributed by atoms with van der Waals surface area (Å²) < 4.78 is 0. The van der Waals surface area contributed by atoms with Crippen molar-refractivity contribution in [1.82, 2.24) is 0 Å². The number of allylic oxidation sites excluding steroid dienone is 9. The second-order valence-corrected chi connectivity index (χ2v) is 7.89. The lowest BCUT2D eigenvalue weighted by molar-refractivity contribution is 0.563. The smallest absolute Gasteiger partial charge is 0.120 e. The van der Waals surface area contributed by atoms with E-state index in [2.05, 4.69) is 65.8 Å². The van der Waals surface area contributed by atoms with E-state index < -0.39 is 0 Å². The van der Waals surface area contributed by atoms with Crippen molar-refractivity contribution in [3.63, 3.8) is 0 Å². The summed E-state index contributed by atoms with van der Waals surface area (Å²) in [6, 6.07) is 0. The molecule has 0 N–H and O–H groups in total. The van der Waals surface area contributed by atoms with Gasteiger partial charge in [-0.3, -0.25) is 0 Å². The second kappa shape index (κ2) is 15.6. The summed E-state index contributed by atoms with van der Waals surface area (Å²) in [6.45, 7) is 13.1. The normalized spacial score (nSPS) is 14.0. The minimum Gasteiger partial charge on any atom is -0.234 e. The van der Waals surface area contributed by atoms with E-state index in [-0.39, 0.29) is 0 Å². The molecule has 146 valence electrons. The van der Waals surface area contributed by atoms with Crippen LogP contribution in [-0.2, 0) is 4.79 Å². The fourth-order valence-corrected chi connectivity index (χ4v) is 2.78. The highest BCUT2D eigenvalue weighted by molar-refractivity contribution is 5.45. The molecule has 0 aromatic rings. The van der Waals surface area contributed by atoms with E-state index >= 15 is 0 Å². The summed E-state index contributed by atoms with van der Waals surface area (Å²) in [4.78, 5) is 10.3. The molecule has 0 aliphatic carbocycles. The number of rotatable bonds is 13. The molecule has 0 spiro atoms. The van der Waals surface area contributed by atoms with Crippen molar-refractivity contribution in [3.05, 3.63) is 52.7 Å². The maximum absolute atomic E-state index is 10.3. The Bertz CT molecular complexity index is 547. The summed E-state index contributed by atoms with van der Waals surface area (Å²) >= 11 is 0. The summed E-state index contributed by atoms with van der Waals surface area (Å²) in [5.74, 6) is 2.21. The lowest BCUT2D eigenvalue weighted by Crippen LogP contribution is -1.88. The molecule has 0 radical (unpaired) electrons. The number of carbonyl (C=O) groups excluding carboxylic acids is 1. The van der Waals surface area contributed by atoms with Gasteiger partial charge in [0, 0.05) is 6.08 Å². The maximum atomic E-state index is 10.3. The lowest BCUT2D eigenvalue weighted by Gasteiger charge is -2.04. The molecule has 1 unspecified atom stereocenters. The Morgan fingerprint density at radius 1 is 0.731 bits per heavy atom. The van der Waals surface area contributed by atoms with Crippen LogP contribution in [0.25, 0.3) is 0 Å². The Hall–Kier alpha value is -1.59. The van der Waals surface area contributed by atoms with E-state index in [1.54, 1.807) is 6.08 Å². The van der Waals surface area contributed by atoms with Gasteiger partial charge in [0.05, 0.1) is 0 Å². The minimum absolute atomic E-state index is 0.331. The molecular formula is C25H40O. The summed E-state index contributed by atoms with van der Waals surface area (Å²) in [6.07, 6.45) is 20.0. The largest absolute Gasteiger partial charge is 0.234 e. The molecule has 0 aliphatic rings.